The van der Waals surface area contributed by atoms with Gasteiger partial charge in [-0.05, 0) is 37.6 Å². The number of methoxy groups -OCH3 is 2. The van der Waals surface area contributed by atoms with Crippen molar-refractivity contribution in [2.24, 2.45) is 0 Å². The van der Waals surface area contributed by atoms with Gasteiger partial charge in [-0.15, -0.1) is 24.2 Å². The van der Waals surface area contributed by atoms with Crippen LogP contribution in [0.4, 0.5) is 0 Å². The van der Waals surface area contributed by atoms with Gasteiger partial charge in [-0.1, -0.05) is 0 Å². The van der Waals surface area contributed by atoms with Crippen molar-refractivity contribution in [3.05, 3.63) is 18.2 Å². The molecule has 1 atom stereocenters. The van der Waals surface area contributed by atoms with E-state index in [0.29, 0.717) is 12.2 Å². The van der Waals surface area contributed by atoms with Crippen molar-refractivity contribution in [3.63, 3.8) is 0 Å². The summed E-state index contributed by atoms with van der Waals surface area (Å²) in [5.41, 5.74) is 0. The molecule has 1 heterocycles. The normalized spacial score (nSPS) is 17.0. The molecule has 0 aromatic heterocycles. The summed E-state index contributed by atoms with van der Waals surface area (Å²) >= 11 is 1.65. The highest BCUT2D eigenvalue weighted by Gasteiger charge is 2.15. The topological polar surface area (TPSA) is 59.6 Å². The molecule has 23 heavy (non-hydrogen) atoms. The van der Waals surface area contributed by atoms with Crippen molar-refractivity contribution in [2.75, 3.05) is 33.1 Å². The van der Waals surface area contributed by atoms with Crippen LogP contribution >= 0.6 is 24.2 Å². The number of hydrogen-bond acceptors (Lipinski definition) is 5. The molecule has 1 aromatic rings. The zero-order chi connectivity index (χ0) is 15.8. The first-order valence-electron chi connectivity index (χ1n) is 7.58. The number of piperidine rings is 1. The summed E-state index contributed by atoms with van der Waals surface area (Å²) < 4.78 is 10.5. The predicted molar refractivity (Wildman–Crippen MR) is 96.2 cm³/mol. The van der Waals surface area contributed by atoms with Crippen molar-refractivity contribution in [1.82, 2.24) is 10.6 Å². The van der Waals surface area contributed by atoms with Gasteiger partial charge in [0, 0.05) is 29.7 Å². The molecule has 1 unspecified atom stereocenters. The lowest BCUT2D eigenvalue weighted by molar-refractivity contribution is -0.121. The van der Waals surface area contributed by atoms with Crippen LogP contribution in [-0.2, 0) is 4.79 Å². The number of thioether (sulfide) groups is 1. The molecule has 1 fully saturated rings. The number of carbonyl (C=O) groups is 1. The second-order valence-electron chi connectivity index (χ2n) is 5.23. The summed E-state index contributed by atoms with van der Waals surface area (Å²) in [4.78, 5) is 13.0. The van der Waals surface area contributed by atoms with Gasteiger partial charge in [0.1, 0.15) is 0 Å². The molecule has 0 aliphatic carbocycles. The van der Waals surface area contributed by atoms with Crippen LogP contribution in [0.15, 0.2) is 23.1 Å². The minimum atomic E-state index is 0. The van der Waals surface area contributed by atoms with E-state index in [-0.39, 0.29) is 24.4 Å². The second kappa shape index (κ2) is 10.6. The largest absolute Gasteiger partial charge is 0.493 e. The molecule has 0 saturated carbocycles. The Morgan fingerprint density at radius 2 is 2.13 bits per heavy atom. The van der Waals surface area contributed by atoms with Crippen LogP contribution in [-0.4, -0.2) is 45.0 Å². The Bertz CT molecular complexity index is 496. The van der Waals surface area contributed by atoms with Gasteiger partial charge in [-0.2, -0.15) is 0 Å². The van der Waals surface area contributed by atoms with E-state index in [2.05, 4.69) is 10.6 Å². The highest BCUT2D eigenvalue weighted by Crippen LogP contribution is 2.31. The number of hydrogen-bond donors (Lipinski definition) is 2. The van der Waals surface area contributed by atoms with Crippen LogP contribution in [0.1, 0.15) is 19.3 Å². The molecule has 0 bridgehead atoms. The smallest absolute Gasteiger partial charge is 0.221 e. The maximum atomic E-state index is 11.9. The molecule has 1 aromatic carbocycles. The molecular weight excluding hydrogens is 336 g/mol. The average molecular weight is 361 g/mol. The molecule has 0 radical (unpaired) electrons. The van der Waals surface area contributed by atoms with E-state index < -0.39 is 0 Å². The molecule has 1 saturated heterocycles. The van der Waals surface area contributed by atoms with Crippen LogP contribution in [0.25, 0.3) is 0 Å². The summed E-state index contributed by atoms with van der Waals surface area (Å²) in [6.07, 6.45) is 2.72. The number of amides is 1. The van der Waals surface area contributed by atoms with Gasteiger partial charge < -0.3 is 20.1 Å². The first-order chi connectivity index (χ1) is 10.7. The van der Waals surface area contributed by atoms with E-state index in [1.165, 1.54) is 0 Å². The van der Waals surface area contributed by atoms with Crippen molar-refractivity contribution in [3.8, 4) is 11.5 Å². The minimum Gasteiger partial charge on any atom is -0.493 e. The molecule has 130 valence electrons. The lowest BCUT2D eigenvalue weighted by Crippen LogP contribution is -2.45. The molecule has 7 heteroatoms. The molecule has 1 amide bonds. The lowest BCUT2D eigenvalue weighted by atomic mass is 10.1. The summed E-state index contributed by atoms with van der Waals surface area (Å²) in [6.45, 7) is 1.94. The first-order valence-corrected chi connectivity index (χ1v) is 8.56. The number of rotatable bonds is 7. The highest BCUT2D eigenvalue weighted by molar-refractivity contribution is 7.99. The fourth-order valence-corrected chi connectivity index (χ4v) is 3.32. The maximum Gasteiger partial charge on any atom is 0.221 e. The highest BCUT2D eigenvalue weighted by atomic mass is 35.5. The average Bonchev–Trinajstić information content (AvgIpc) is 2.55. The number of nitrogens with one attached hydrogen (secondary N) is 2. The SMILES string of the molecule is COc1ccc(SCCC(=O)NC2CCCNC2)cc1OC.Cl. The van der Waals surface area contributed by atoms with E-state index in [4.69, 9.17) is 9.47 Å². The van der Waals surface area contributed by atoms with E-state index >= 15 is 0 Å². The number of halogens is 1. The molecule has 2 N–H and O–H groups in total. The van der Waals surface area contributed by atoms with Crippen molar-refractivity contribution in [1.29, 1.82) is 0 Å². The third kappa shape index (κ3) is 6.49. The zero-order valence-electron chi connectivity index (χ0n) is 13.6. The van der Waals surface area contributed by atoms with Crippen LogP contribution < -0.4 is 20.1 Å². The van der Waals surface area contributed by atoms with E-state index in [1.54, 1.807) is 26.0 Å². The molecule has 0 spiro atoms. The van der Waals surface area contributed by atoms with Crippen LogP contribution in [0.3, 0.4) is 0 Å². The van der Waals surface area contributed by atoms with Gasteiger partial charge in [-0.25, -0.2) is 0 Å². The predicted octanol–water partition coefficient (Wildman–Crippen LogP) is 2.48. The summed E-state index contributed by atoms with van der Waals surface area (Å²) in [6, 6.07) is 6.09. The van der Waals surface area contributed by atoms with E-state index in [1.807, 2.05) is 18.2 Å². The Morgan fingerprint density at radius 1 is 1.35 bits per heavy atom. The molecule has 2 rings (SSSR count). The monoisotopic (exact) mass is 360 g/mol. The molecular formula is C16H25ClN2O3S. The van der Waals surface area contributed by atoms with Crippen LogP contribution in [0.2, 0.25) is 0 Å². The van der Waals surface area contributed by atoms with Gasteiger partial charge in [-0.3, -0.25) is 4.79 Å². The van der Waals surface area contributed by atoms with Gasteiger partial charge in [0.15, 0.2) is 11.5 Å². The lowest BCUT2D eigenvalue weighted by Gasteiger charge is -2.23. The summed E-state index contributed by atoms with van der Waals surface area (Å²) in [5.74, 6) is 2.31. The number of benzene rings is 1. The molecule has 1 aliphatic rings. The summed E-state index contributed by atoms with van der Waals surface area (Å²) in [7, 11) is 3.24. The quantitative estimate of drug-likeness (QED) is 0.731. The maximum absolute atomic E-state index is 11.9. The Balaban J connectivity index is 0.00000264. The fraction of sp³-hybridized carbons (Fsp3) is 0.562. The molecule has 1 aliphatic heterocycles. The Labute approximate surface area is 148 Å². The fourth-order valence-electron chi connectivity index (χ4n) is 2.44. The second-order valence-corrected chi connectivity index (χ2v) is 6.39. The Morgan fingerprint density at radius 3 is 2.78 bits per heavy atom. The Hall–Kier alpha value is -1.11. The zero-order valence-corrected chi connectivity index (χ0v) is 15.2. The third-order valence-corrected chi connectivity index (χ3v) is 4.61. The van der Waals surface area contributed by atoms with E-state index in [0.717, 1.165) is 42.3 Å². The van der Waals surface area contributed by atoms with Gasteiger partial charge >= 0.3 is 0 Å². The van der Waals surface area contributed by atoms with Gasteiger partial charge in [0.05, 0.1) is 14.2 Å². The van der Waals surface area contributed by atoms with Crippen LogP contribution in [0.5, 0.6) is 11.5 Å². The minimum absolute atomic E-state index is 0. The number of carbonyl (C=O) groups excluding carboxylic acids is 1. The van der Waals surface area contributed by atoms with E-state index in [9.17, 15) is 4.79 Å². The Kier molecular flexibility index (Phi) is 9.21. The van der Waals surface area contributed by atoms with Crippen molar-refractivity contribution >= 4 is 30.1 Å². The first kappa shape index (κ1) is 19.9. The van der Waals surface area contributed by atoms with Crippen molar-refractivity contribution < 1.29 is 14.3 Å². The third-order valence-electron chi connectivity index (χ3n) is 3.61. The standard InChI is InChI=1S/C16H24N2O3S.ClH/c1-20-14-6-5-13(10-15(14)21-2)22-9-7-16(19)18-12-4-3-8-17-11-12;/h5-6,10,12,17H,3-4,7-9,11H2,1-2H3,(H,18,19);1H. The van der Waals surface area contributed by atoms with Gasteiger partial charge in [0.2, 0.25) is 5.91 Å². The van der Waals surface area contributed by atoms with Crippen LogP contribution in [0, 0.1) is 0 Å². The number of ether oxygens (including phenoxy) is 2. The summed E-state index contributed by atoms with van der Waals surface area (Å²) in [5, 5.41) is 6.39. The van der Waals surface area contributed by atoms with Crippen molar-refractivity contribution in [2.45, 2.75) is 30.2 Å². The van der Waals surface area contributed by atoms with Gasteiger partial charge in [0.25, 0.3) is 0 Å². The molecule has 5 nitrogen and oxygen atoms in total.